The first-order valence-corrected chi connectivity index (χ1v) is 7.15. The Bertz CT molecular complexity index is 589. The smallest absolute Gasteiger partial charge is 0.282 e. The average molecular weight is 287 g/mol. The second kappa shape index (κ2) is 6.59. The van der Waals surface area contributed by atoms with Crippen molar-refractivity contribution in [2.45, 2.75) is 11.8 Å². The van der Waals surface area contributed by atoms with Crippen molar-refractivity contribution in [1.29, 1.82) is 5.41 Å². The van der Waals surface area contributed by atoms with Crippen LogP contribution in [0.1, 0.15) is 11.1 Å². The molecular formula is C15H15N2S2+. The first-order chi connectivity index (χ1) is 9.15. The summed E-state index contributed by atoms with van der Waals surface area (Å²) in [6.45, 7) is 2.06. The maximum absolute atomic E-state index is 7.93. The van der Waals surface area contributed by atoms with Gasteiger partial charge in [0.2, 0.25) is 0 Å². The molecule has 2 nitrogen and oxygen atoms in total. The fraction of sp³-hybridized carbons (Fsp3) is 0.0667. The molecule has 1 N–H and O–H groups in total. The third-order valence-electron chi connectivity index (χ3n) is 2.50. The molecule has 0 amide bonds. The normalized spacial score (nSPS) is 11.4. The predicted molar refractivity (Wildman–Crippen MR) is 87.9 cm³/mol. The third kappa shape index (κ3) is 4.26. The maximum Gasteiger partial charge on any atom is 0.284 e. The zero-order chi connectivity index (χ0) is 13.7. The molecule has 0 saturated carbocycles. The molecule has 0 aliphatic carbocycles. The van der Waals surface area contributed by atoms with Crippen molar-refractivity contribution in [2.75, 3.05) is 0 Å². The van der Waals surface area contributed by atoms with E-state index in [4.69, 9.17) is 5.41 Å². The molecule has 0 radical (unpaired) electrons. The van der Waals surface area contributed by atoms with Gasteiger partial charge in [-0.25, -0.2) is 0 Å². The maximum atomic E-state index is 7.93. The van der Waals surface area contributed by atoms with Crippen LogP contribution in [0.25, 0.3) is 0 Å². The van der Waals surface area contributed by atoms with Crippen molar-refractivity contribution < 1.29 is 0 Å². The van der Waals surface area contributed by atoms with Crippen LogP contribution in [-0.2, 0) is 12.6 Å². The van der Waals surface area contributed by atoms with Crippen LogP contribution in [0.4, 0.5) is 0 Å². The van der Waals surface area contributed by atoms with Crippen LogP contribution in [-0.4, -0.2) is 10.2 Å². The van der Waals surface area contributed by atoms with Gasteiger partial charge in [-0.2, -0.15) is 4.99 Å². The minimum Gasteiger partial charge on any atom is -0.282 e. The largest absolute Gasteiger partial charge is 0.284 e. The molecule has 4 heteroatoms. The Morgan fingerprint density at radius 3 is 2.32 bits per heavy atom. The van der Waals surface area contributed by atoms with E-state index in [0.717, 1.165) is 10.5 Å². The minimum atomic E-state index is 0.255. The van der Waals surface area contributed by atoms with Crippen molar-refractivity contribution in [3.05, 3.63) is 65.7 Å². The molecule has 2 aromatic rings. The van der Waals surface area contributed by atoms with E-state index in [1.54, 1.807) is 0 Å². The molecule has 0 spiro atoms. The molecule has 0 fully saturated rings. The van der Waals surface area contributed by atoms with Crippen molar-refractivity contribution in [2.24, 2.45) is 4.99 Å². The van der Waals surface area contributed by atoms with E-state index in [1.165, 1.54) is 17.3 Å². The summed E-state index contributed by atoms with van der Waals surface area (Å²) in [5.74, 6) is 0.255. The number of aliphatic imine (C=N–C) groups is 1. The standard InChI is InChI=1S/C15H14N2S2/c1-11-7-9-13(10-8-11)19-15(18)17-14(16)12-5-3-2-4-6-12/h2-10H,1H3,(H2,16,17,18)/p+1. The zero-order valence-electron chi connectivity index (χ0n) is 10.6. The lowest BCUT2D eigenvalue weighted by Crippen LogP contribution is -1.98. The minimum absolute atomic E-state index is 0.255. The summed E-state index contributed by atoms with van der Waals surface area (Å²) in [5, 5.41) is 7.93. The third-order valence-corrected chi connectivity index (χ3v) is 3.71. The molecule has 2 aromatic carbocycles. The van der Waals surface area contributed by atoms with Gasteiger partial charge in [-0.15, -0.1) is 0 Å². The lowest BCUT2D eigenvalue weighted by molar-refractivity contribution is 1.38. The number of hydrogen-bond donors (Lipinski definition) is 1. The second-order valence-electron chi connectivity index (χ2n) is 4.05. The SMILES string of the molecule is Cc1ccc(SC([SH2+])=NC(=N)c2ccccc2)cc1. The second-order valence-corrected chi connectivity index (χ2v) is 5.94. The van der Waals surface area contributed by atoms with Gasteiger partial charge in [0.25, 0.3) is 4.38 Å². The van der Waals surface area contributed by atoms with Crippen LogP contribution in [0, 0.1) is 12.3 Å². The number of nitrogens with zero attached hydrogens (tertiary/aromatic N) is 1. The number of aryl methyl sites for hydroxylation is 1. The van der Waals surface area contributed by atoms with E-state index < -0.39 is 0 Å². The summed E-state index contributed by atoms with van der Waals surface area (Å²) < 4.78 is 0.678. The van der Waals surface area contributed by atoms with E-state index in [1.807, 2.05) is 42.5 Å². The van der Waals surface area contributed by atoms with E-state index in [9.17, 15) is 0 Å². The molecule has 0 saturated heterocycles. The Morgan fingerprint density at radius 1 is 1.05 bits per heavy atom. The highest BCUT2D eigenvalue weighted by molar-refractivity contribution is 8.27. The van der Waals surface area contributed by atoms with Gasteiger partial charge in [0.1, 0.15) is 0 Å². The topological polar surface area (TPSA) is 36.2 Å². The Balaban J connectivity index is 2.07. The Morgan fingerprint density at radius 2 is 1.68 bits per heavy atom. The highest BCUT2D eigenvalue weighted by Gasteiger charge is 2.06. The highest BCUT2D eigenvalue weighted by atomic mass is 32.2. The lowest BCUT2D eigenvalue weighted by atomic mass is 10.2. The highest BCUT2D eigenvalue weighted by Crippen LogP contribution is 2.20. The molecule has 0 atom stereocenters. The fourth-order valence-electron chi connectivity index (χ4n) is 1.50. The molecule has 0 heterocycles. The van der Waals surface area contributed by atoms with Crippen LogP contribution < -0.4 is 0 Å². The molecule has 19 heavy (non-hydrogen) atoms. The van der Waals surface area contributed by atoms with Crippen LogP contribution >= 0.6 is 11.8 Å². The summed E-state index contributed by atoms with van der Waals surface area (Å²) in [6.07, 6.45) is 0. The number of nitrogens with one attached hydrogen (secondary N) is 1. The summed E-state index contributed by atoms with van der Waals surface area (Å²) >= 11 is 4.96. The Labute approximate surface area is 122 Å². The molecule has 0 aliphatic heterocycles. The van der Waals surface area contributed by atoms with Gasteiger partial charge in [-0.1, -0.05) is 48.0 Å². The number of amidine groups is 1. The van der Waals surface area contributed by atoms with Crippen molar-refractivity contribution in [1.82, 2.24) is 0 Å². The van der Waals surface area contributed by atoms with Crippen LogP contribution in [0.15, 0.2) is 64.5 Å². The number of hydrogen-bond acceptors (Lipinski definition) is 2. The Kier molecular flexibility index (Phi) is 4.82. The molecule has 96 valence electrons. The van der Waals surface area contributed by atoms with Crippen molar-refractivity contribution >= 4 is 34.6 Å². The summed E-state index contributed by atoms with van der Waals surface area (Å²) in [7, 11) is 0. The van der Waals surface area contributed by atoms with Gasteiger partial charge in [0.15, 0.2) is 5.84 Å². The van der Waals surface area contributed by atoms with Gasteiger partial charge in [0, 0.05) is 23.1 Å². The van der Waals surface area contributed by atoms with Gasteiger partial charge in [-0.3, -0.25) is 5.41 Å². The van der Waals surface area contributed by atoms with Crippen LogP contribution in [0.3, 0.4) is 0 Å². The predicted octanol–water partition coefficient (Wildman–Crippen LogP) is 3.48. The van der Waals surface area contributed by atoms with Crippen molar-refractivity contribution in [3.63, 3.8) is 0 Å². The first-order valence-electron chi connectivity index (χ1n) is 5.84. The van der Waals surface area contributed by atoms with Crippen LogP contribution in [0.2, 0.25) is 0 Å². The molecule has 0 aromatic heterocycles. The summed E-state index contributed by atoms with van der Waals surface area (Å²) in [6, 6.07) is 17.7. The van der Waals surface area contributed by atoms with Gasteiger partial charge >= 0.3 is 0 Å². The van der Waals surface area contributed by atoms with Crippen molar-refractivity contribution in [3.8, 4) is 0 Å². The van der Waals surface area contributed by atoms with Gasteiger partial charge < -0.3 is 0 Å². The average Bonchev–Trinajstić information content (AvgIpc) is 2.42. The molecule has 0 aliphatic rings. The quantitative estimate of drug-likeness (QED) is 0.390. The molecule has 0 unspecified atom stereocenters. The number of thioether (sulfide) groups is 1. The first kappa shape index (κ1) is 13.9. The molecular weight excluding hydrogens is 272 g/mol. The van der Waals surface area contributed by atoms with Gasteiger partial charge in [0.05, 0.1) is 0 Å². The Hall–Kier alpha value is -1.52. The lowest BCUT2D eigenvalue weighted by Gasteiger charge is -1.99. The number of rotatable bonds is 2. The van der Waals surface area contributed by atoms with E-state index >= 15 is 0 Å². The van der Waals surface area contributed by atoms with E-state index in [2.05, 4.69) is 36.7 Å². The molecule has 0 bridgehead atoms. The summed E-state index contributed by atoms with van der Waals surface area (Å²) in [4.78, 5) is 5.34. The monoisotopic (exact) mass is 287 g/mol. The van der Waals surface area contributed by atoms with E-state index in [0.29, 0.717) is 4.38 Å². The molecule has 2 rings (SSSR count). The fourth-order valence-corrected chi connectivity index (χ4v) is 2.60. The van der Waals surface area contributed by atoms with Crippen LogP contribution in [0.5, 0.6) is 0 Å². The summed E-state index contributed by atoms with van der Waals surface area (Å²) in [5.41, 5.74) is 2.04. The van der Waals surface area contributed by atoms with Gasteiger partial charge in [-0.05, 0) is 30.8 Å². The van der Waals surface area contributed by atoms with E-state index in [-0.39, 0.29) is 5.84 Å². The number of benzene rings is 2. The zero-order valence-corrected chi connectivity index (χ0v) is 12.4.